The molecule has 0 bridgehead atoms. The summed E-state index contributed by atoms with van der Waals surface area (Å²) >= 11 is 11.8. The summed E-state index contributed by atoms with van der Waals surface area (Å²) in [6, 6.07) is 4.94. The van der Waals surface area contributed by atoms with E-state index in [1.165, 1.54) is 0 Å². The molecule has 1 saturated heterocycles. The lowest BCUT2D eigenvalue weighted by Crippen LogP contribution is -2.40. The topological polar surface area (TPSA) is 49.4 Å². The molecule has 1 N–H and O–H groups in total. The summed E-state index contributed by atoms with van der Waals surface area (Å²) in [6.07, 6.45) is 1.36. The van der Waals surface area contributed by atoms with Crippen molar-refractivity contribution in [2.45, 2.75) is 19.8 Å². The van der Waals surface area contributed by atoms with Crippen molar-refractivity contribution in [3.63, 3.8) is 0 Å². The van der Waals surface area contributed by atoms with E-state index in [1.807, 2.05) is 0 Å². The van der Waals surface area contributed by atoms with Crippen LogP contribution in [0.1, 0.15) is 19.8 Å². The Morgan fingerprint density at radius 2 is 1.70 bits per heavy atom. The van der Waals surface area contributed by atoms with Gasteiger partial charge in [0.05, 0.1) is 0 Å². The highest BCUT2D eigenvalue weighted by Gasteiger charge is 2.26. The summed E-state index contributed by atoms with van der Waals surface area (Å²) in [6.45, 7) is 2.81. The highest BCUT2D eigenvalue weighted by atomic mass is 35.5. The molecule has 0 atom stereocenters. The van der Waals surface area contributed by atoms with E-state index in [0.29, 0.717) is 41.7 Å². The van der Waals surface area contributed by atoms with Crippen LogP contribution >= 0.6 is 23.2 Å². The average Bonchev–Trinajstić information content (AvgIpc) is 2.37. The van der Waals surface area contributed by atoms with Crippen molar-refractivity contribution >= 4 is 40.7 Å². The number of hydrogen-bond donors (Lipinski definition) is 1. The van der Waals surface area contributed by atoms with E-state index in [0.717, 1.165) is 0 Å². The maximum absolute atomic E-state index is 12.2. The van der Waals surface area contributed by atoms with E-state index >= 15 is 0 Å². The van der Waals surface area contributed by atoms with Crippen molar-refractivity contribution in [3.8, 4) is 0 Å². The Balaban J connectivity index is 1.94. The summed E-state index contributed by atoms with van der Waals surface area (Å²) in [5.41, 5.74) is 0.599. The van der Waals surface area contributed by atoms with Crippen LogP contribution in [0.5, 0.6) is 0 Å². The van der Waals surface area contributed by atoms with Crippen LogP contribution in [0.4, 0.5) is 5.69 Å². The molecule has 20 heavy (non-hydrogen) atoms. The fourth-order valence-corrected chi connectivity index (χ4v) is 2.85. The van der Waals surface area contributed by atoms with Crippen LogP contribution in [0.15, 0.2) is 18.2 Å². The number of nitrogens with zero attached hydrogens (tertiary/aromatic N) is 1. The minimum absolute atomic E-state index is 0.0495. The second-order valence-corrected chi connectivity index (χ2v) is 5.80. The lowest BCUT2D eigenvalue weighted by atomic mass is 9.96. The van der Waals surface area contributed by atoms with Gasteiger partial charge in [-0.3, -0.25) is 9.59 Å². The summed E-state index contributed by atoms with van der Waals surface area (Å²) in [5, 5.41) is 3.80. The zero-order valence-corrected chi connectivity index (χ0v) is 12.7. The van der Waals surface area contributed by atoms with Gasteiger partial charge in [-0.15, -0.1) is 0 Å². The molecule has 2 amide bonds. The lowest BCUT2D eigenvalue weighted by Gasteiger charge is -2.30. The summed E-state index contributed by atoms with van der Waals surface area (Å²) < 4.78 is 0. The van der Waals surface area contributed by atoms with Crippen molar-refractivity contribution in [1.29, 1.82) is 0 Å². The molecular weight excluding hydrogens is 299 g/mol. The number of carbonyl (C=O) groups excluding carboxylic acids is 2. The van der Waals surface area contributed by atoms with Crippen molar-refractivity contribution in [2.75, 3.05) is 18.4 Å². The molecule has 0 radical (unpaired) electrons. The molecule has 6 heteroatoms. The predicted molar refractivity (Wildman–Crippen MR) is 80.1 cm³/mol. The third-order valence-electron chi connectivity index (χ3n) is 3.44. The number of carbonyl (C=O) groups is 2. The second-order valence-electron chi connectivity index (χ2n) is 4.93. The summed E-state index contributed by atoms with van der Waals surface area (Å²) in [5.74, 6) is -0.0691. The van der Waals surface area contributed by atoms with Crippen LogP contribution in [0.25, 0.3) is 0 Å². The number of nitrogens with one attached hydrogen (secondary N) is 1. The van der Waals surface area contributed by atoms with Gasteiger partial charge in [0.25, 0.3) is 0 Å². The molecular formula is C14H16Cl2N2O2. The number of hydrogen-bond acceptors (Lipinski definition) is 2. The van der Waals surface area contributed by atoms with E-state index in [2.05, 4.69) is 5.32 Å². The Morgan fingerprint density at radius 1 is 1.15 bits per heavy atom. The quantitative estimate of drug-likeness (QED) is 0.911. The third-order valence-corrected chi connectivity index (χ3v) is 3.88. The van der Waals surface area contributed by atoms with Gasteiger partial charge < -0.3 is 10.2 Å². The van der Waals surface area contributed by atoms with Gasteiger partial charge in [-0.2, -0.15) is 0 Å². The number of piperidine rings is 1. The normalized spacial score (nSPS) is 16.1. The van der Waals surface area contributed by atoms with Crippen molar-refractivity contribution in [3.05, 3.63) is 28.2 Å². The van der Waals surface area contributed by atoms with Gasteiger partial charge in [0, 0.05) is 41.7 Å². The Labute approximate surface area is 128 Å². The van der Waals surface area contributed by atoms with Crippen molar-refractivity contribution < 1.29 is 9.59 Å². The monoisotopic (exact) mass is 314 g/mol. The maximum atomic E-state index is 12.2. The SMILES string of the molecule is CC(=O)N1CCC(C(=O)Nc2cc(Cl)cc(Cl)c2)CC1. The summed E-state index contributed by atoms with van der Waals surface area (Å²) in [4.78, 5) is 25.2. The van der Waals surface area contributed by atoms with E-state index in [-0.39, 0.29) is 17.7 Å². The molecule has 1 aromatic carbocycles. The minimum atomic E-state index is -0.0802. The predicted octanol–water partition coefficient (Wildman–Crippen LogP) is 3.19. The first-order valence-corrected chi connectivity index (χ1v) is 7.24. The van der Waals surface area contributed by atoms with Crippen LogP contribution in [0.2, 0.25) is 10.0 Å². The molecule has 1 aliphatic rings. The van der Waals surface area contributed by atoms with Gasteiger partial charge in [0.2, 0.25) is 11.8 Å². The molecule has 0 aliphatic carbocycles. The number of likely N-dealkylation sites (tertiary alicyclic amines) is 1. The van der Waals surface area contributed by atoms with Gasteiger partial charge in [0.15, 0.2) is 0 Å². The molecule has 0 saturated carbocycles. The lowest BCUT2D eigenvalue weighted by molar-refractivity contribution is -0.132. The van der Waals surface area contributed by atoms with Crippen LogP contribution < -0.4 is 5.32 Å². The van der Waals surface area contributed by atoms with Crippen molar-refractivity contribution in [1.82, 2.24) is 4.90 Å². The van der Waals surface area contributed by atoms with E-state index in [1.54, 1.807) is 30.0 Å². The third kappa shape index (κ3) is 3.87. The Bertz CT molecular complexity index is 506. The van der Waals surface area contributed by atoms with Crippen LogP contribution in [0, 0.1) is 5.92 Å². The van der Waals surface area contributed by atoms with Crippen LogP contribution in [-0.4, -0.2) is 29.8 Å². The van der Waals surface area contributed by atoms with E-state index < -0.39 is 0 Å². The second kappa shape index (κ2) is 6.46. The summed E-state index contributed by atoms with van der Waals surface area (Å²) in [7, 11) is 0. The molecule has 1 heterocycles. The number of benzene rings is 1. The standard InChI is InChI=1S/C14H16Cl2N2O2/c1-9(19)18-4-2-10(3-5-18)14(20)17-13-7-11(15)6-12(16)8-13/h6-8,10H,2-5H2,1H3,(H,17,20). The average molecular weight is 315 g/mol. The molecule has 1 aromatic rings. The first kappa shape index (κ1) is 15.1. The van der Waals surface area contributed by atoms with Crippen LogP contribution in [-0.2, 0) is 9.59 Å². The van der Waals surface area contributed by atoms with Gasteiger partial charge in [-0.1, -0.05) is 23.2 Å². The van der Waals surface area contributed by atoms with Gasteiger partial charge >= 0.3 is 0 Å². The molecule has 2 rings (SSSR count). The number of amides is 2. The molecule has 1 fully saturated rings. The Hall–Kier alpha value is -1.26. The number of halogens is 2. The highest BCUT2D eigenvalue weighted by Crippen LogP contribution is 2.24. The smallest absolute Gasteiger partial charge is 0.227 e. The molecule has 108 valence electrons. The van der Waals surface area contributed by atoms with E-state index in [9.17, 15) is 9.59 Å². The molecule has 1 aliphatic heterocycles. The van der Waals surface area contributed by atoms with E-state index in [4.69, 9.17) is 23.2 Å². The Kier molecular flexibility index (Phi) is 4.89. The molecule has 4 nitrogen and oxygen atoms in total. The highest BCUT2D eigenvalue weighted by molar-refractivity contribution is 6.35. The molecule has 0 spiro atoms. The largest absolute Gasteiger partial charge is 0.343 e. The zero-order valence-electron chi connectivity index (χ0n) is 11.2. The molecule has 0 unspecified atom stereocenters. The number of rotatable bonds is 2. The molecule has 0 aromatic heterocycles. The fourth-order valence-electron chi connectivity index (χ4n) is 2.33. The first-order valence-electron chi connectivity index (χ1n) is 6.48. The zero-order chi connectivity index (χ0) is 14.7. The van der Waals surface area contributed by atoms with Gasteiger partial charge in [-0.25, -0.2) is 0 Å². The maximum Gasteiger partial charge on any atom is 0.227 e. The van der Waals surface area contributed by atoms with Gasteiger partial charge in [0.1, 0.15) is 0 Å². The van der Waals surface area contributed by atoms with Gasteiger partial charge in [-0.05, 0) is 31.0 Å². The minimum Gasteiger partial charge on any atom is -0.343 e. The van der Waals surface area contributed by atoms with Crippen LogP contribution in [0.3, 0.4) is 0 Å². The fraction of sp³-hybridized carbons (Fsp3) is 0.429. The number of anilines is 1. The first-order chi connectivity index (χ1) is 9.45. The Morgan fingerprint density at radius 3 is 2.20 bits per heavy atom. The van der Waals surface area contributed by atoms with Crippen molar-refractivity contribution in [2.24, 2.45) is 5.92 Å².